The van der Waals surface area contributed by atoms with Crippen LogP contribution in [-0.4, -0.2) is 22.2 Å². The van der Waals surface area contributed by atoms with Gasteiger partial charge in [0.05, 0.1) is 5.69 Å². The topological polar surface area (TPSA) is 36.0 Å². The predicted molar refractivity (Wildman–Crippen MR) is 66.1 cm³/mol. The van der Waals surface area contributed by atoms with Crippen LogP contribution >= 0.6 is 0 Å². The zero-order valence-electron chi connectivity index (χ0n) is 10.8. The Kier molecular flexibility index (Phi) is 2.86. The number of H-pyrrole nitrogens is 1. The minimum Gasteiger partial charge on any atom is -0.377 e. The summed E-state index contributed by atoms with van der Waals surface area (Å²) >= 11 is 0. The third-order valence-corrected chi connectivity index (χ3v) is 4.07. The maximum absolute atomic E-state index is 13.8. The Bertz CT molecular complexity index is 690. The van der Waals surface area contributed by atoms with Crippen LogP contribution in [0, 0.1) is 0 Å². The van der Waals surface area contributed by atoms with Crippen molar-refractivity contribution in [2.24, 2.45) is 0 Å². The monoisotopic (exact) mass is 305 g/mol. The number of para-hydroxylation sites is 1. The number of hydrogen-bond acceptors (Lipinski definition) is 1. The predicted octanol–water partition coefficient (Wildman–Crippen LogP) is 3.89. The number of nitrogens with one attached hydrogen (secondary N) is 1. The van der Waals surface area contributed by atoms with Crippen molar-refractivity contribution < 1.29 is 27.1 Å². The summed E-state index contributed by atoms with van der Waals surface area (Å²) in [5.74, 6) is -5.21. The second kappa shape index (κ2) is 4.19. The molecule has 1 aliphatic rings. The number of hydrogen-bond donors (Lipinski definition) is 2. The molecule has 1 atom stereocenters. The lowest BCUT2D eigenvalue weighted by atomic mass is 9.78. The summed E-state index contributed by atoms with van der Waals surface area (Å²) in [5, 5.41) is 10.8. The van der Waals surface area contributed by atoms with Gasteiger partial charge in [-0.1, -0.05) is 18.2 Å². The van der Waals surface area contributed by atoms with Crippen LogP contribution in [0.15, 0.2) is 24.3 Å². The van der Waals surface area contributed by atoms with Crippen molar-refractivity contribution in [1.82, 2.24) is 4.98 Å². The van der Waals surface area contributed by atoms with E-state index in [0.717, 1.165) is 0 Å². The molecule has 1 heterocycles. The molecule has 1 unspecified atom stereocenters. The van der Waals surface area contributed by atoms with Gasteiger partial charge in [-0.2, -0.15) is 22.0 Å². The van der Waals surface area contributed by atoms with E-state index in [1.54, 1.807) is 24.3 Å². The first-order valence-electron chi connectivity index (χ1n) is 6.45. The van der Waals surface area contributed by atoms with E-state index in [2.05, 4.69) is 4.98 Å². The molecule has 21 heavy (non-hydrogen) atoms. The molecule has 3 rings (SSSR count). The molecule has 2 nitrogen and oxygen atoms in total. The van der Waals surface area contributed by atoms with E-state index >= 15 is 0 Å². The van der Waals surface area contributed by atoms with Gasteiger partial charge in [-0.3, -0.25) is 0 Å². The Labute approximate surface area is 116 Å². The summed E-state index contributed by atoms with van der Waals surface area (Å²) in [7, 11) is 0. The number of aryl methyl sites for hydroxylation is 1. The van der Waals surface area contributed by atoms with Gasteiger partial charge >= 0.3 is 12.1 Å². The highest BCUT2D eigenvalue weighted by Gasteiger charge is 2.71. The highest BCUT2D eigenvalue weighted by molar-refractivity contribution is 5.85. The molecule has 2 N–H and O–H groups in total. The van der Waals surface area contributed by atoms with Crippen molar-refractivity contribution in [3.8, 4) is 0 Å². The lowest BCUT2D eigenvalue weighted by Crippen LogP contribution is -2.56. The zero-order chi connectivity index (χ0) is 15.5. The van der Waals surface area contributed by atoms with E-state index in [1.165, 1.54) is 0 Å². The van der Waals surface area contributed by atoms with Crippen LogP contribution in [0.5, 0.6) is 0 Å². The fourth-order valence-corrected chi connectivity index (χ4v) is 3.01. The Morgan fingerprint density at radius 2 is 1.76 bits per heavy atom. The Morgan fingerprint density at radius 1 is 1.10 bits per heavy atom. The third-order valence-electron chi connectivity index (χ3n) is 4.07. The fourth-order valence-electron chi connectivity index (χ4n) is 3.01. The zero-order valence-corrected chi connectivity index (χ0v) is 10.8. The second-order valence-electron chi connectivity index (χ2n) is 5.31. The van der Waals surface area contributed by atoms with Gasteiger partial charge in [-0.25, -0.2) is 0 Å². The number of rotatable bonds is 1. The molecule has 0 bridgehead atoms. The molecule has 1 aromatic heterocycles. The van der Waals surface area contributed by atoms with Crippen LogP contribution in [0.2, 0.25) is 0 Å². The molecule has 0 fully saturated rings. The first kappa shape index (κ1) is 14.3. The lowest BCUT2D eigenvalue weighted by molar-refractivity contribution is -0.349. The van der Waals surface area contributed by atoms with Crippen LogP contribution < -0.4 is 0 Å². The van der Waals surface area contributed by atoms with Crippen molar-refractivity contribution in [2.45, 2.75) is 37.0 Å². The molecule has 1 aliphatic carbocycles. The number of fused-ring (bicyclic) bond motifs is 3. The van der Waals surface area contributed by atoms with Gasteiger partial charge in [0, 0.05) is 10.9 Å². The van der Waals surface area contributed by atoms with Crippen LogP contribution in [0.25, 0.3) is 10.9 Å². The first-order valence-corrected chi connectivity index (χ1v) is 6.45. The van der Waals surface area contributed by atoms with Gasteiger partial charge in [-0.15, -0.1) is 0 Å². The van der Waals surface area contributed by atoms with E-state index in [9.17, 15) is 27.1 Å². The average Bonchev–Trinajstić information content (AvgIpc) is 2.78. The van der Waals surface area contributed by atoms with Crippen molar-refractivity contribution in [1.29, 1.82) is 0 Å². The summed E-state index contributed by atoms with van der Waals surface area (Å²) in [4.78, 5) is 2.55. The van der Waals surface area contributed by atoms with Crippen LogP contribution in [0.1, 0.15) is 24.1 Å². The van der Waals surface area contributed by atoms with E-state index in [4.69, 9.17) is 0 Å². The number of benzene rings is 1. The van der Waals surface area contributed by atoms with Gasteiger partial charge in [0.2, 0.25) is 0 Å². The SMILES string of the molecule is OC1(C(F)(F)C(F)(F)F)CCCc2c1[nH]c1ccccc21. The van der Waals surface area contributed by atoms with Gasteiger partial charge < -0.3 is 10.1 Å². The van der Waals surface area contributed by atoms with Gasteiger partial charge in [-0.05, 0) is 30.9 Å². The summed E-state index contributed by atoms with van der Waals surface area (Å²) in [5.41, 5.74) is -2.89. The molecule has 2 aromatic rings. The van der Waals surface area contributed by atoms with Crippen molar-refractivity contribution in [2.75, 3.05) is 0 Å². The lowest BCUT2D eigenvalue weighted by Gasteiger charge is -2.39. The smallest absolute Gasteiger partial charge is 0.377 e. The number of alkyl halides is 5. The largest absolute Gasteiger partial charge is 0.456 e. The molecule has 0 radical (unpaired) electrons. The highest BCUT2D eigenvalue weighted by atomic mass is 19.4. The number of aliphatic hydroxyl groups is 1. The van der Waals surface area contributed by atoms with Gasteiger partial charge in [0.25, 0.3) is 0 Å². The average molecular weight is 305 g/mol. The Hall–Kier alpha value is -1.63. The van der Waals surface area contributed by atoms with Crippen LogP contribution in [-0.2, 0) is 12.0 Å². The molecule has 1 aromatic carbocycles. The van der Waals surface area contributed by atoms with Crippen molar-refractivity contribution in [3.05, 3.63) is 35.5 Å². The summed E-state index contributed by atoms with van der Waals surface area (Å²) < 4.78 is 65.7. The molecule has 114 valence electrons. The standard InChI is InChI=1S/C14H12F5NO/c15-13(16,14(17,18)19)12(21)7-3-5-9-8-4-1-2-6-10(8)20-11(9)12/h1-2,4,6,20-21H,3,5,7H2. The van der Waals surface area contributed by atoms with Crippen LogP contribution in [0.4, 0.5) is 22.0 Å². The number of aromatic amines is 1. The van der Waals surface area contributed by atoms with E-state index < -0.39 is 29.8 Å². The fraction of sp³-hybridized carbons (Fsp3) is 0.429. The van der Waals surface area contributed by atoms with E-state index in [1.807, 2.05) is 0 Å². The first-order chi connectivity index (χ1) is 9.68. The molecular weight excluding hydrogens is 293 g/mol. The third kappa shape index (κ3) is 1.79. The van der Waals surface area contributed by atoms with E-state index in [0.29, 0.717) is 22.9 Å². The second-order valence-corrected chi connectivity index (χ2v) is 5.31. The number of aromatic nitrogens is 1. The van der Waals surface area contributed by atoms with Crippen molar-refractivity contribution in [3.63, 3.8) is 0 Å². The maximum atomic E-state index is 13.8. The molecule has 0 saturated carbocycles. The summed E-state index contributed by atoms with van der Waals surface area (Å²) in [6.07, 6.45) is -6.03. The van der Waals surface area contributed by atoms with E-state index in [-0.39, 0.29) is 6.42 Å². The van der Waals surface area contributed by atoms with Crippen LogP contribution in [0.3, 0.4) is 0 Å². The normalized spacial score (nSPS) is 23.3. The van der Waals surface area contributed by atoms with Gasteiger partial charge in [0.1, 0.15) is 0 Å². The molecule has 0 aliphatic heterocycles. The molecule has 0 spiro atoms. The van der Waals surface area contributed by atoms with Gasteiger partial charge in [0.15, 0.2) is 5.60 Å². The molecule has 7 heteroatoms. The highest BCUT2D eigenvalue weighted by Crippen LogP contribution is 2.53. The quantitative estimate of drug-likeness (QED) is 0.770. The number of halogens is 5. The summed E-state index contributed by atoms with van der Waals surface area (Å²) in [6, 6.07) is 6.54. The maximum Gasteiger partial charge on any atom is 0.456 e. The molecule has 0 amide bonds. The minimum atomic E-state index is -5.81. The Balaban J connectivity index is 2.25. The minimum absolute atomic E-state index is 0.0665. The molecular formula is C14H12F5NO. The van der Waals surface area contributed by atoms with Crippen molar-refractivity contribution >= 4 is 10.9 Å². The molecule has 0 saturated heterocycles. The Morgan fingerprint density at radius 3 is 2.43 bits per heavy atom. The summed E-state index contributed by atoms with van der Waals surface area (Å²) in [6.45, 7) is 0.